The minimum Gasteiger partial charge on any atom is -0.481 e. The second-order valence-corrected chi connectivity index (χ2v) is 5.23. The van der Waals surface area contributed by atoms with E-state index < -0.39 is 11.9 Å². The molecule has 1 heterocycles. The van der Waals surface area contributed by atoms with Crippen LogP contribution in [-0.4, -0.2) is 41.0 Å². The normalized spacial score (nSPS) is 19.4. The molecule has 0 bridgehead atoms. The van der Waals surface area contributed by atoms with Gasteiger partial charge in [0.25, 0.3) is 0 Å². The van der Waals surface area contributed by atoms with E-state index in [1.165, 1.54) is 0 Å². The Kier molecular flexibility index (Phi) is 4.75. The number of nitrogens with zero attached hydrogens (tertiary/aromatic N) is 1. The third kappa shape index (κ3) is 3.31. The van der Waals surface area contributed by atoms with Crippen LogP contribution in [0.4, 0.5) is 0 Å². The zero-order chi connectivity index (χ0) is 15.4. The van der Waals surface area contributed by atoms with Crippen molar-refractivity contribution < 1.29 is 14.7 Å². The molecule has 2 rings (SSSR count). The second-order valence-electron chi connectivity index (χ2n) is 5.23. The summed E-state index contributed by atoms with van der Waals surface area (Å²) in [6.45, 7) is 6.70. The van der Waals surface area contributed by atoms with Gasteiger partial charge in [-0.05, 0) is 18.1 Å². The first-order valence-electron chi connectivity index (χ1n) is 6.98. The third-order valence-corrected chi connectivity index (χ3v) is 3.87. The Hall–Kier alpha value is -2.14. The summed E-state index contributed by atoms with van der Waals surface area (Å²) in [6.07, 6.45) is 1.62. The Morgan fingerprint density at radius 3 is 2.90 bits per heavy atom. The number of benzene rings is 1. The number of carbonyl (C=O) groups is 2. The molecule has 0 aromatic heterocycles. The van der Waals surface area contributed by atoms with E-state index in [1.54, 1.807) is 13.0 Å². The maximum absolute atomic E-state index is 12.0. The van der Waals surface area contributed by atoms with Gasteiger partial charge in [0.2, 0.25) is 5.91 Å². The van der Waals surface area contributed by atoms with Crippen LogP contribution in [-0.2, 0) is 16.1 Å². The maximum Gasteiger partial charge on any atom is 0.312 e. The molecule has 2 N–H and O–H groups in total. The predicted molar refractivity (Wildman–Crippen MR) is 79.9 cm³/mol. The predicted octanol–water partition coefficient (Wildman–Crippen LogP) is 1.36. The average Bonchev–Trinajstić information content (AvgIpc) is 2.50. The standard InChI is InChI=1S/C16H20N2O3/c1-3-8-17-15(19)11(2)18-9-12-6-4-5-7-13(12)14(10-18)16(20)21/h3-7,11,14H,1,8-10H2,2H3,(H,17,19)(H,20,21). The summed E-state index contributed by atoms with van der Waals surface area (Å²) in [7, 11) is 0. The molecule has 1 aliphatic rings. The van der Waals surface area contributed by atoms with Gasteiger partial charge in [-0.2, -0.15) is 0 Å². The Balaban J connectivity index is 2.19. The van der Waals surface area contributed by atoms with Crippen molar-refractivity contribution in [3.05, 3.63) is 48.0 Å². The van der Waals surface area contributed by atoms with Gasteiger partial charge in [-0.3, -0.25) is 14.5 Å². The van der Waals surface area contributed by atoms with Crippen LogP contribution < -0.4 is 5.32 Å². The Bertz CT molecular complexity index is 556. The Labute approximate surface area is 124 Å². The highest BCUT2D eigenvalue weighted by Crippen LogP contribution is 2.29. The van der Waals surface area contributed by atoms with E-state index in [0.717, 1.165) is 11.1 Å². The molecule has 1 aromatic carbocycles. The van der Waals surface area contributed by atoms with Gasteiger partial charge in [0.1, 0.15) is 0 Å². The van der Waals surface area contributed by atoms with E-state index in [1.807, 2.05) is 29.2 Å². The number of carbonyl (C=O) groups excluding carboxylic acids is 1. The molecule has 1 aromatic rings. The lowest BCUT2D eigenvalue weighted by molar-refractivity contribution is -0.140. The number of amides is 1. The number of hydrogen-bond acceptors (Lipinski definition) is 3. The van der Waals surface area contributed by atoms with Gasteiger partial charge in [0.05, 0.1) is 12.0 Å². The van der Waals surface area contributed by atoms with E-state index >= 15 is 0 Å². The Morgan fingerprint density at radius 2 is 2.24 bits per heavy atom. The summed E-state index contributed by atoms with van der Waals surface area (Å²) in [5.41, 5.74) is 1.82. The summed E-state index contributed by atoms with van der Waals surface area (Å²) in [4.78, 5) is 25.4. The number of nitrogens with one attached hydrogen (secondary N) is 1. The van der Waals surface area contributed by atoms with E-state index in [9.17, 15) is 14.7 Å². The molecule has 0 aliphatic carbocycles. The molecule has 0 saturated carbocycles. The van der Waals surface area contributed by atoms with Gasteiger partial charge in [-0.25, -0.2) is 0 Å². The molecule has 0 fully saturated rings. The molecule has 1 aliphatic heterocycles. The number of hydrogen-bond donors (Lipinski definition) is 2. The van der Waals surface area contributed by atoms with Crippen LogP contribution in [0.25, 0.3) is 0 Å². The van der Waals surface area contributed by atoms with E-state index in [2.05, 4.69) is 11.9 Å². The number of fused-ring (bicyclic) bond motifs is 1. The fraction of sp³-hybridized carbons (Fsp3) is 0.375. The van der Waals surface area contributed by atoms with Gasteiger partial charge >= 0.3 is 5.97 Å². The lowest BCUT2D eigenvalue weighted by Crippen LogP contribution is -2.49. The minimum atomic E-state index is -0.856. The first kappa shape index (κ1) is 15.3. The van der Waals surface area contributed by atoms with E-state index in [-0.39, 0.29) is 11.9 Å². The van der Waals surface area contributed by atoms with Gasteiger partial charge < -0.3 is 10.4 Å². The molecule has 0 saturated heterocycles. The molecular formula is C16H20N2O3. The van der Waals surface area contributed by atoms with Crippen LogP contribution in [0.3, 0.4) is 0 Å². The molecule has 0 spiro atoms. The van der Waals surface area contributed by atoms with Gasteiger partial charge in [0, 0.05) is 19.6 Å². The summed E-state index contributed by atoms with van der Waals surface area (Å²) >= 11 is 0. The zero-order valence-electron chi connectivity index (χ0n) is 12.1. The van der Waals surface area contributed by atoms with Crippen molar-refractivity contribution in [2.75, 3.05) is 13.1 Å². The molecule has 1 amide bonds. The topological polar surface area (TPSA) is 69.6 Å². The van der Waals surface area contributed by atoms with Crippen LogP contribution in [0.15, 0.2) is 36.9 Å². The van der Waals surface area contributed by atoms with Crippen molar-refractivity contribution >= 4 is 11.9 Å². The highest BCUT2D eigenvalue weighted by molar-refractivity contribution is 5.82. The summed E-state index contributed by atoms with van der Waals surface area (Å²) in [6, 6.07) is 7.15. The molecule has 112 valence electrons. The molecular weight excluding hydrogens is 268 g/mol. The van der Waals surface area contributed by atoms with Crippen molar-refractivity contribution in [2.24, 2.45) is 0 Å². The van der Waals surface area contributed by atoms with Crippen molar-refractivity contribution in [1.29, 1.82) is 0 Å². The smallest absolute Gasteiger partial charge is 0.312 e. The zero-order valence-corrected chi connectivity index (χ0v) is 12.1. The van der Waals surface area contributed by atoms with Crippen molar-refractivity contribution in [3.8, 4) is 0 Å². The highest BCUT2D eigenvalue weighted by Gasteiger charge is 2.33. The SMILES string of the molecule is C=CCNC(=O)C(C)N1Cc2ccccc2C(C(=O)O)C1. The largest absolute Gasteiger partial charge is 0.481 e. The maximum atomic E-state index is 12.0. The number of aliphatic carboxylic acids is 1. The van der Waals surface area contributed by atoms with E-state index in [4.69, 9.17) is 0 Å². The van der Waals surface area contributed by atoms with Gasteiger partial charge in [-0.15, -0.1) is 6.58 Å². The van der Waals surface area contributed by atoms with Crippen LogP contribution in [0, 0.1) is 0 Å². The number of carboxylic acids is 1. The van der Waals surface area contributed by atoms with E-state index in [0.29, 0.717) is 19.6 Å². The van der Waals surface area contributed by atoms with Crippen molar-refractivity contribution in [1.82, 2.24) is 10.2 Å². The average molecular weight is 288 g/mol. The van der Waals surface area contributed by atoms with Crippen LogP contribution in [0.5, 0.6) is 0 Å². The molecule has 21 heavy (non-hydrogen) atoms. The van der Waals surface area contributed by atoms with Crippen molar-refractivity contribution in [2.45, 2.75) is 25.4 Å². The lowest BCUT2D eigenvalue weighted by atomic mass is 9.89. The summed E-state index contributed by atoms with van der Waals surface area (Å²) in [5.74, 6) is -1.56. The molecule has 2 unspecified atom stereocenters. The quantitative estimate of drug-likeness (QED) is 0.803. The minimum absolute atomic E-state index is 0.113. The number of rotatable bonds is 5. The summed E-state index contributed by atoms with van der Waals surface area (Å²) in [5, 5.41) is 12.2. The molecule has 5 nitrogen and oxygen atoms in total. The number of carboxylic acid groups (broad SMARTS) is 1. The van der Waals surface area contributed by atoms with Crippen LogP contribution >= 0.6 is 0 Å². The fourth-order valence-corrected chi connectivity index (χ4v) is 2.63. The lowest BCUT2D eigenvalue weighted by Gasteiger charge is -2.36. The highest BCUT2D eigenvalue weighted by atomic mass is 16.4. The second kappa shape index (κ2) is 6.54. The fourth-order valence-electron chi connectivity index (χ4n) is 2.63. The first-order valence-corrected chi connectivity index (χ1v) is 6.98. The molecule has 0 radical (unpaired) electrons. The van der Waals surface area contributed by atoms with Crippen molar-refractivity contribution in [3.63, 3.8) is 0 Å². The van der Waals surface area contributed by atoms with Gasteiger partial charge in [0.15, 0.2) is 0 Å². The van der Waals surface area contributed by atoms with Gasteiger partial charge in [-0.1, -0.05) is 30.3 Å². The third-order valence-electron chi connectivity index (χ3n) is 3.87. The van der Waals surface area contributed by atoms with Crippen LogP contribution in [0.2, 0.25) is 0 Å². The monoisotopic (exact) mass is 288 g/mol. The molecule has 5 heteroatoms. The molecule has 2 atom stereocenters. The Morgan fingerprint density at radius 1 is 1.52 bits per heavy atom. The van der Waals surface area contributed by atoms with Crippen LogP contribution in [0.1, 0.15) is 24.0 Å². The first-order chi connectivity index (χ1) is 10.0. The summed E-state index contributed by atoms with van der Waals surface area (Å²) < 4.78 is 0.